The van der Waals surface area contributed by atoms with Crippen molar-refractivity contribution in [2.24, 2.45) is 0 Å². The van der Waals surface area contributed by atoms with E-state index in [0.717, 1.165) is 0 Å². The predicted octanol–water partition coefficient (Wildman–Crippen LogP) is -3.13. The molecule has 0 aliphatic rings. The van der Waals surface area contributed by atoms with E-state index in [9.17, 15) is 0 Å². The van der Waals surface area contributed by atoms with E-state index >= 15 is 0 Å². The Labute approximate surface area is 57.9 Å². The Kier molecular flexibility index (Phi) is 24.4. The molecule has 4 nitrogen and oxygen atoms in total. The Morgan fingerprint density at radius 3 is 1.50 bits per heavy atom. The molecule has 35 valence electrons. The summed E-state index contributed by atoms with van der Waals surface area (Å²) < 4.78 is 0. The van der Waals surface area contributed by atoms with Crippen molar-refractivity contribution >= 4 is 0 Å². The van der Waals surface area contributed by atoms with Gasteiger partial charge in [-0.15, -0.1) is 0 Å². The van der Waals surface area contributed by atoms with Crippen molar-refractivity contribution in [3.8, 4) is 0 Å². The van der Waals surface area contributed by atoms with Crippen molar-refractivity contribution in [3.05, 3.63) is 15.3 Å². The maximum Gasteiger partial charge on any atom is 1.00 e. The van der Waals surface area contributed by atoms with Gasteiger partial charge in [0.2, 0.25) is 0 Å². The maximum atomic E-state index is 8.25. The minimum atomic E-state index is -1.75. The van der Waals surface area contributed by atoms with Gasteiger partial charge in [-0.05, 0) is 0 Å². The SMILES string of the molecule is O=[N+]([O-])[O-].[Co].[H-].[Li+]. The molecule has 0 aliphatic heterocycles. The molecule has 0 aromatic rings. The van der Waals surface area contributed by atoms with Crippen LogP contribution in [0.25, 0.3) is 0 Å². The number of hydrogen-bond donors (Lipinski definition) is 0. The van der Waals surface area contributed by atoms with Crippen molar-refractivity contribution in [3.63, 3.8) is 0 Å². The van der Waals surface area contributed by atoms with Crippen molar-refractivity contribution in [2.45, 2.75) is 0 Å². The van der Waals surface area contributed by atoms with Gasteiger partial charge in [-0.25, -0.2) is 0 Å². The summed E-state index contributed by atoms with van der Waals surface area (Å²) in [5.41, 5.74) is 0. The van der Waals surface area contributed by atoms with Crippen LogP contribution in [-0.4, -0.2) is 5.09 Å². The first-order chi connectivity index (χ1) is 1.73. The average Bonchev–Trinajstić information content (AvgIpc) is 0.811. The first-order valence-electron chi connectivity index (χ1n) is 0.548. The number of hydrogen-bond acceptors (Lipinski definition) is 3. The molecular weight excluding hydrogens is 128 g/mol. The van der Waals surface area contributed by atoms with Gasteiger partial charge in [-0.1, -0.05) is 0 Å². The molecule has 0 aromatic heterocycles. The first kappa shape index (κ1) is 16.2. The van der Waals surface area contributed by atoms with E-state index in [4.69, 9.17) is 15.3 Å². The molecule has 0 unspecified atom stereocenters. The van der Waals surface area contributed by atoms with E-state index in [2.05, 4.69) is 0 Å². The fourth-order valence-electron chi connectivity index (χ4n) is 0. The van der Waals surface area contributed by atoms with E-state index < -0.39 is 5.09 Å². The van der Waals surface area contributed by atoms with Crippen LogP contribution in [0.2, 0.25) is 0 Å². The summed E-state index contributed by atoms with van der Waals surface area (Å²) in [6.45, 7) is 0. The molecule has 0 heterocycles. The minimum Gasteiger partial charge on any atom is -1.00 e. The van der Waals surface area contributed by atoms with Crippen LogP contribution in [0.3, 0.4) is 0 Å². The standard InChI is InChI=1S/Co.Li.NO3.H/c;;2-1(3)4;/q;+1;2*-1. The summed E-state index contributed by atoms with van der Waals surface area (Å²) in [6.07, 6.45) is 0. The minimum absolute atomic E-state index is 0. The van der Waals surface area contributed by atoms with Crippen LogP contribution < -0.4 is 18.9 Å². The number of rotatable bonds is 0. The van der Waals surface area contributed by atoms with Gasteiger partial charge in [-0.2, -0.15) is 0 Å². The Balaban J connectivity index is -0.0000000150. The molecule has 0 spiro atoms. The molecular formula is HCoLiNO3-. The third kappa shape index (κ3) is 509. The normalized spacial score (nSPS) is 4.00. The zero-order valence-corrected chi connectivity index (χ0v) is 4.05. The molecule has 0 bridgehead atoms. The molecule has 0 saturated heterocycles. The second kappa shape index (κ2) is 9.00. The Morgan fingerprint density at radius 1 is 1.50 bits per heavy atom. The van der Waals surface area contributed by atoms with Crippen LogP contribution in [0.4, 0.5) is 0 Å². The van der Waals surface area contributed by atoms with E-state index in [-0.39, 0.29) is 37.1 Å². The van der Waals surface area contributed by atoms with Crippen molar-refractivity contribution in [2.75, 3.05) is 0 Å². The molecule has 0 fully saturated rings. The summed E-state index contributed by atoms with van der Waals surface area (Å²) in [5, 5.41) is 14.8. The molecule has 0 atom stereocenters. The van der Waals surface area contributed by atoms with Gasteiger partial charge in [0.1, 0.15) is 0 Å². The van der Waals surface area contributed by atoms with Gasteiger partial charge >= 0.3 is 18.9 Å². The molecule has 6 heavy (non-hydrogen) atoms. The van der Waals surface area contributed by atoms with Crippen molar-refractivity contribution < 1.29 is 42.2 Å². The summed E-state index contributed by atoms with van der Waals surface area (Å²) in [7, 11) is 0. The monoisotopic (exact) mass is 129 g/mol. The fraction of sp³-hybridized carbons (Fsp3) is 0. The maximum absolute atomic E-state index is 8.25. The Hall–Kier alpha value is 0.304. The molecule has 0 aliphatic carbocycles. The van der Waals surface area contributed by atoms with Gasteiger partial charge in [0.25, 0.3) is 0 Å². The third-order valence-corrected chi connectivity index (χ3v) is 0. The zero-order valence-electron chi connectivity index (χ0n) is 4.01. The molecule has 0 rings (SSSR count). The molecule has 6 heteroatoms. The molecule has 1 radical (unpaired) electrons. The van der Waals surface area contributed by atoms with E-state index in [1.807, 2.05) is 0 Å². The quantitative estimate of drug-likeness (QED) is 0.197. The first-order valence-corrected chi connectivity index (χ1v) is 0.548. The van der Waals surface area contributed by atoms with Crippen LogP contribution in [0.5, 0.6) is 0 Å². The van der Waals surface area contributed by atoms with E-state index in [0.29, 0.717) is 0 Å². The summed E-state index contributed by atoms with van der Waals surface area (Å²) in [6, 6.07) is 0. The topological polar surface area (TPSA) is 66.2 Å². The second-order valence-electron chi connectivity index (χ2n) is 0.224. The summed E-state index contributed by atoms with van der Waals surface area (Å²) >= 11 is 0. The average molecular weight is 129 g/mol. The van der Waals surface area contributed by atoms with Crippen molar-refractivity contribution in [1.29, 1.82) is 0 Å². The van der Waals surface area contributed by atoms with Gasteiger partial charge in [0.05, 0.1) is 5.09 Å². The molecule has 0 N–H and O–H groups in total. The van der Waals surface area contributed by atoms with Crippen LogP contribution in [0.15, 0.2) is 0 Å². The molecule has 0 aromatic carbocycles. The Bertz CT molecular complexity index is 37.9. The Morgan fingerprint density at radius 2 is 1.50 bits per heavy atom. The van der Waals surface area contributed by atoms with Crippen LogP contribution >= 0.6 is 0 Å². The predicted molar refractivity (Wildman–Crippen MR) is 11.5 cm³/mol. The summed E-state index contributed by atoms with van der Waals surface area (Å²) in [5.74, 6) is 0. The fourth-order valence-corrected chi connectivity index (χ4v) is 0. The van der Waals surface area contributed by atoms with Crippen LogP contribution in [0.1, 0.15) is 1.43 Å². The third-order valence-electron chi connectivity index (χ3n) is 0. The molecule has 0 saturated carbocycles. The van der Waals surface area contributed by atoms with Gasteiger partial charge in [0, 0.05) is 16.8 Å². The zero-order chi connectivity index (χ0) is 3.58. The second-order valence-corrected chi connectivity index (χ2v) is 0.224. The van der Waals surface area contributed by atoms with Gasteiger partial charge in [-0.3, -0.25) is 0 Å². The van der Waals surface area contributed by atoms with Gasteiger partial charge < -0.3 is 16.7 Å². The van der Waals surface area contributed by atoms with Crippen molar-refractivity contribution in [1.82, 2.24) is 0 Å². The number of nitrogens with zero attached hydrogens (tertiary/aromatic N) is 1. The molecule has 0 amide bonds. The van der Waals surface area contributed by atoms with Crippen LogP contribution in [0, 0.1) is 15.3 Å². The summed E-state index contributed by atoms with van der Waals surface area (Å²) in [4.78, 5) is 8.25. The smallest absolute Gasteiger partial charge is 1.00 e. The van der Waals surface area contributed by atoms with Gasteiger partial charge in [0.15, 0.2) is 0 Å². The van der Waals surface area contributed by atoms with Crippen LogP contribution in [-0.2, 0) is 16.8 Å². The van der Waals surface area contributed by atoms with E-state index in [1.54, 1.807) is 0 Å². The van der Waals surface area contributed by atoms with E-state index in [1.165, 1.54) is 0 Å². The largest absolute Gasteiger partial charge is 1.00 e.